The first-order chi connectivity index (χ1) is 9.19. The fraction of sp³-hybridized carbons (Fsp3) is 0.182. The highest BCUT2D eigenvalue weighted by atomic mass is 32.1. The van der Waals surface area contributed by atoms with Crippen molar-refractivity contribution in [1.82, 2.24) is 4.98 Å². The second-order valence-corrected chi connectivity index (χ2v) is 4.59. The van der Waals surface area contributed by atoms with E-state index in [2.05, 4.69) is 21.1 Å². The lowest BCUT2D eigenvalue weighted by atomic mass is 10.2. The largest absolute Gasteiger partial charge is 0.369 e. The predicted octanol–water partition coefficient (Wildman–Crippen LogP) is 1.99. The van der Waals surface area contributed by atoms with Crippen molar-refractivity contribution in [3.63, 3.8) is 0 Å². The minimum absolute atomic E-state index is 0.0546. The van der Waals surface area contributed by atoms with Gasteiger partial charge in [-0.15, -0.1) is 0 Å². The highest BCUT2D eigenvalue weighted by Gasteiger charge is 2.10. The Hall–Kier alpha value is -2.19. The molecule has 0 bridgehead atoms. The van der Waals surface area contributed by atoms with Crippen molar-refractivity contribution >= 4 is 28.7 Å². The number of nitrogen functional groups attached to an aromatic ring is 1. The number of aromatic nitrogens is 1. The molecular weight excluding hydrogens is 266 g/mol. The van der Waals surface area contributed by atoms with Gasteiger partial charge in [0.25, 0.3) is 5.69 Å². The molecule has 0 saturated carbocycles. The Kier molecular flexibility index (Phi) is 4.26. The van der Waals surface area contributed by atoms with E-state index in [1.165, 1.54) is 17.7 Å². The third-order valence-electron chi connectivity index (χ3n) is 2.47. The number of anilines is 2. The van der Waals surface area contributed by atoms with Gasteiger partial charge in [-0.2, -0.15) is 11.3 Å². The molecule has 0 saturated heterocycles. The summed E-state index contributed by atoms with van der Waals surface area (Å²) in [7, 11) is 0. The van der Waals surface area contributed by atoms with Gasteiger partial charge in [0.2, 0.25) is 0 Å². The molecule has 2 aromatic heterocycles. The number of pyridine rings is 1. The highest BCUT2D eigenvalue weighted by molar-refractivity contribution is 7.07. The maximum absolute atomic E-state index is 10.8. The Labute approximate surface area is 113 Å². The van der Waals surface area contributed by atoms with Gasteiger partial charge in [0.1, 0.15) is 11.6 Å². The first kappa shape index (κ1) is 13.2. The zero-order chi connectivity index (χ0) is 13.7. The Balaban J connectivity index is 2.02. The van der Waals surface area contributed by atoms with Crippen LogP contribution in [-0.4, -0.2) is 16.5 Å². The van der Waals surface area contributed by atoms with Crippen LogP contribution in [0.3, 0.4) is 0 Å². The van der Waals surface area contributed by atoms with Crippen LogP contribution in [0.15, 0.2) is 29.0 Å². The second-order valence-electron chi connectivity index (χ2n) is 3.81. The second kappa shape index (κ2) is 6.12. The molecule has 0 aromatic carbocycles. The summed E-state index contributed by atoms with van der Waals surface area (Å²) in [5.41, 5.74) is 3.48. The molecule has 0 unspecified atom stereocenters. The third kappa shape index (κ3) is 3.63. The molecule has 0 spiro atoms. The number of hydrogen-bond acceptors (Lipinski definition) is 7. The van der Waals surface area contributed by atoms with Gasteiger partial charge < -0.3 is 10.7 Å². The highest BCUT2D eigenvalue weighted by Crippen LogP contribution is 2.20. The summed E-state index contributed by atoms with van der Waals surface area (Å²) in [6.45, 7) is 0.648. The van der Waals surface area contributed by atoms with E-state index in [1.54, 1.807) is 11.3 Å². The number of hydrazine groups is 1. The van der Waals surface area contributed by atoms with E-state index in [9.17, 15) is 10.1 Å². The molecule has 2 heterocycles. The molecule has 7 nitrogen and oxygen atoms in total. The van der Waals surface area contributed by atoms with Crippen LogP contribution >= 0.6 is 11.3 Å². The molecule has 0 radical (unpaired) electrons. The minimum Gasteiger partial charge on any atom is -0.369 e. The monoisotopic (exact) mass is 279 g/mol. The summed E-state index contributed by atoms with van der Waals surface area (Å²) >= 11 is 1.64. The van der Waals surface area contributed by atoms with Crippen LogP contribution in [0, 0.1) is 10.1 Å². The molecule has 19 heavy (non-hydrogen) atoms. The topological polar surface area (TPSA) is 106 Å². The number of thiophene rings is 1. The van der Waals surface area contributed by atoms with E-state index in [4.69, 9.17) is 5.84 Å². The van der Waals surface area contributed by atoms with Gasteiger partial charge in [0.05, 0.1) is 17.1 Å². The van der Waals surface area contributed by atoms with Crippen molar-refractivity contribution < 1.29 is 4.92 Å². The van der Waals surface area contributed by atoms with Crippen LogP contribution in [-0.2, 0) is 6.42 Å². The molecule has 2 rings (SSSR count). The third-order valence-corrected chi connectivity index (χ3v) is 3.20. The lowest BCUT2D eigenvalue weighted by Crippen LogP contribution is -2.12. The Morgan fingerprint density at radius 1 is 1.42 bits per heavy atom. The van der Waals surface area contributed by atoms with Crippen LogP contribution in [0.1, 0.15) is 5.56 Å². The normalized spacial score (nSPS) is 10.2. The van der Waals surface area contributed by atoms with Gasteiger partial charge in [-0.05, 0) is 28.8 Å². The van der Waals surface area contributed by atoms with E-state index >= 15 is 0 Å². The van der Waals surface area contributed by atoms with Crippen LogP contribution in [0.4, 0.5) is 17.3 Å². The maximum atomic E-state index is 10.8. The van der Waals surface area contributed by atoms with Crippen LogP contribution in [0.25, 0.3) is 0 Å². The number of nitrogens with one attached hydrogen (secondary N) is 2. The van der Waals surface area contributed by atoms with Crippen molar-refractivity contribution in [3.05, 3.63) is 44.6 Å². The molecule has 0 aliphatic rings. The Morgan fingerprint density at radius 3 is 2.84 bits per heavy atom. The van der Waals surface area contributed by atoms with E-state index in [0.29, 0.717) is 12.4 Å². The summed E-state index contributed by atoms with van der Waals surface area (Å²) < 4.78 is 0. The molecule has 100 valence electrons. The molecule has 4 N–H and O–H groups in total. The van der Waals surface area contributed by atoms with E-state index in [1.807, 2.05) is 11.4 Å². The van der Waals surface area contributed by atoms with Gasteiger partial charge in [-0.1, -0.05) is 0 Å². The van der Waals surface area contributed by atoms with Gasteiger partial charge in [0.15, 0.2) is 0 Å². The van der Waals surface area contributed by atoms with Gasteiger partial charge in [0, 0.05) is 6.54 Å². The molecular formula is C11H13N5O2S. The SMILES string of the molecule is NNc1cc([N+](=O)[O-])cc(NCCc2ccsc2)n1. The van der Waals surface area contributed by atoms with Crippen molar-refractivity contribution in [2.75, 3.05) is 17.3 Å². The van der Waals surface area contributed by atoms with E-state index in [-0.39, 0.29) is 11.5 Å². The lowest BCUT2D eigenvalue weighted by molar-refractivity contribution is -0.384. The number of nitrogens with two attached hydrogens (primary N) is 1. The average molecular weight is 279 g/mol. The van der Waals surface area contributed by atoms with E-state index in [0.717, 1.165) is 6.42 Å². The van der Waals surface area contributed by atoms with Crippen molar-refractivity contribution in [3.8, 4) is 0 Å². The smallest absolute Gasteiger partial charge is 0.276 e. The predicted molar refractivity (Wildman–Crippen MR) is 75.2 cm³/mol. The standard InChI is InChI=1S/C11H13N5O2S/c12-15-11-6-9(16(17)18)5-10(14-11)13-3-1-8-2-4-19-7-8/h2,4-7H,1,3,12H2,(H2,13,14,15). The van der Waals surface area contributed by atoms with Crippen molar-refractivity contribution in [2.45, 2.75) is 6.42 Å². The molecule has 8 heteroatoms. The molecule has 0 atom stereocenters. The zero-order valence-corrected chi connectivity index (χ0v) is 10.8. The summed E-state index contributed by atoms with van der Waals surface area (Å²) in [6.07, 6.45) is 0.833. The van der Waals surface area contributed by atoms with Gasteiger partial charge in [-0.3, -0.25) is 10.1 Å². The van der Waals surface area contributed by atoms with Crippen LogP contribution < -0.4 is 16.6 Å². The quantitative estimate of drug-likeness (QED) is 0.424. The molecule has 0 fully saturated rings. The minimum atomic E-state index is -0.480. The zero-order valence-electron chi connectivity index (χ0n) is 10.00. The maximum Gasteiger partial charge on any atom is 0.276 e. The van der Waals surface area contributed by atoms with Crippen LogP contribution in [0.5, 0.6) is 0 Å². The number of nitro groups is 1. The fourth-order valence-electron chi connectivity index (χ4n) is 1.56. The molecule has 0 aliphatic carbocycles. The molecule has 2 aromatic rings. The van der Waals surface area contributed by atoms with E-state index < -0.39 is 4.92 Å². The molecule has 0 amide bonds. The summed E-state index contributed by atoms with van der Waals surface area (Å²) in [5, 5.41) is 17.9. The number of rotatable bonds is 6. The lowest BCUT2D eigenvalue weighted by Gasteiger charge is -2.07. The average Bonchev–Trinajstić information content (AvgIpc) is 2.91. The first-order valence-electron chi connectivity index (χ1n) is 5.57. The summed E-state index contributed by atoms with van der Waals surface area (Å²) in [6, 6.07) is 4.71. The number of hydrogen-bond donors (Lipinski definition) is 3. The van der Waals surface area contributed by atoms with Gasteiger partial charge >= 0.3 is 0 Å². The fourth-order valence-corrected chi connectivity index (χ4v) is 2.26. The number of nitrogens with zero attached hydrogens (tertiary/aromatic N) is 2. The Bertz CT molecular complexity index is 558. The van der Waals surface area contributed by atoms with Gasteiger partial charge in [-0.25, -0.2) is 10.8 Å². The van der Waals surface area contributed by atoms with Crippen molar-refractivity contribution in [1.29, 1.82) is 0 Å². The summed E-state index contributed by atoms with van der Waals surface area (Å²) in [4.78, 5) is 14.4. The first-order valence-corrected chi connectivity index (χ1v) is 6.51. The van der Waals surface area contributed by atoms with Crippen molar-refractivity contribution in [2.24, 2.45) is 5.84 Å². The van der Waals surface area contributed by atoms with Crippen LogP contribution in [0.2, 0.25) is 0 Å². The Morgan fingerprint density at radius 2 is 2.21 bits per heavy atom. The molecule has 0 aliphatic heterocycles. The summed E-state index contributed by atoms with van der Waals surface area (Å²) in [5.74, 6) is 5.92.